The second-order valence-electron chi connectivity index (χ2n) is 5.17. The lowest BCUT2D eigenvalue weighted by Gasteiger charge is -2.34. The van der Waals surface area contributed by atoms with Crippen LogP contribution in [0.2, 0.25) is 0 Å². The Morgan fingerprint density at radius 3 is 2.71 bits per heavy atom. The lowest BCUT2D eigenvalue weighted by Crippen LogP contribution is -2.53. The molecule has 100 valence electrons. The largest absolute Gasteiger partial charge is 0.383 e. The molecule has 0 bridgehead atoms. The van der Waals surface area contributed by atoms with Gasteiger partial charge in [0.05, 0.1) is 12.6 Å². The van der Waals surface area contributed by atoms with Crippen LogP contribution in [-0.2, 0) is 9.53 Å². The topological polar surface area (TPSA) is 41.6 Å². The van der Waals surface area contributed by atoms with Gasteiger partial charge in [-0.15, -0.1) is 0 Å². The summed E-state index contributed by atoms with van der Waals surface area (Å²) < 4.78 is 5.07. The molecule has 4 heteroatoms. The fourth-order valence-corrected chi connectivity index (χ4v) is 2.35. The lowest BCUT2D eigenvalue weighted by atomic mass is 9.98. The van der Waals surface area contributed by atoms with Gasteiger partial charge in [0.1, 0.15) is 0 Å². The van der Waals surface area contributed by atoms with Gasteiger partial charge in [0.15, 0.2) is 0 Å². The number of nitrogens with zero attached hydrogens (tertiary/aromatic N) is 1. The van der Waals surface area contributed by atoms with Gasteiger partial charge in [-0.05, 0) is 40.0 Å². The molecule has 2 atom stereocenters. The summed E-state index contributed by atoms with van der Waals surface area (Å²) in [6, 6.07) is 0.684. The molecule has 1 N–H and O–H groups in total. The highest BCUT2D eigenvalue weighted by molar-refractivity contribution is 5.82. The van der Waals surface area contributed by atoms with E-state index in [2.05, 4.69) is 26.1 Å². The SMILES string of the molecule is COCCN(C(=O)C1CCCC(C)N1)C(C)C. The standard InChI is InChI=1S/C13H26N2O2/c1-10(2)15(8-9-17-4)13(16)12-7-5-6-11(3)14-12/h10-12,14H,5-9H2,1-4H3. The van der Waals surface area contributed by atoms with Gasteiger partial charge in [-0.1, -0.05) is 0 Å². The van der Waals surface area contributed by atoms with Crippen molar-refractivity contribution >= 4 is 5.91 Å². The van der Waals surface area contributed by atoms with Gasteiger partial charge in [0, 0.05) is 25.7 Å². The van der Waals surface area contributed by atoms with Gasteiger partial charge in [0.25, 0.3) is 0 Å². The summed E-state index contributed by atoms with van der Waals surface area (Å²) >= 11 is 0. The van der Waals surface area contributed by atoms with Gasteiger partial charge < -0.3 is 15.0 Å². The van der Waals surface area contributed by atoms with E-state index in [4.69, 9.17) is 4.74 Å². The zero-order chi connectivity index (χ0) is 12.8. The normalized spacial score (nSPS) is 25.0. The summed E-state index contributed by atoms with van der Waals surface area (Å²) in [6.45, 7) is 7.54. The Morgan fingerprint density at radius 1 is 1.47 bits per heavy atom. The molecule has 0 aromatic carbocycles. The van der Waals surface area contributed by atoms with Crippen LogP contribution in [0.25, 0.3) is 0 Å². The maximum absolute atomic E-state index is 12.4. The molecule has 0 aromatic heterocycles. The third-order valence-corrected chi connectivity index (χ3v) is 3.36. The second-order valence-corrected chi connectivity index (χ2v) is 5.17. The van der Waals surface area contributed by atoms with Gasteiger partial charge in [-0.3, -0.25) is 4.79 Å². The summed E-state index contributed by atoms with van der Waals surface area (Å²) in [5, 5.41) is 3.40. The number of nitrogens with one attached hydrogen (secondary N) is 1. The van der Waals surface area contributed by atoms with Crippen LogP contribution >= 0.6 is 0 Å². The zero-order valence-corrected chi connectivity index (χ0v) is 11.5. The third kappa shape index (κ3) is 4.28. The lowest BCUT2D eigenvalue weighted by molar-refractivity contribution is -0.136. The van der Waals surface area contributed by atoms with Crippen molar-refractivity contribution in [2.24, 2.45) is 0 Å². The molecular formula is C13H26N2O2. The molecule has 1 aliphatic heterocycles. The van der Waals surface area contributed by atoms with E-state index >= 15 is 0 Å². The van der Waals surface area contributed by atoms with E-state index in [1.54, 1.807) is 7.11 Å². The summed E-state index contributed by atoms with van der Waals surface area (Å²) in [4.78, 5) is 14.3. The fraction of sp³-hybridized carbons (Fsp3) is 0.923. The molecule has 1 fully saturated rings. The first-order valence-electron chi connectivity index (χ1n) is 6.61. The van der Waals surface area contributed by atoms with Gasteiger partial charge in [-0.2, -0.15) is 0 Å². The number of hydrogen-bond acceptors (Lipinski definition) is 3. The highest BCUT2D eigenvalue weighted by Crippen LogP contribution is 2.15. The molecule has 2 unspecified atom stereocenters. The molecule has 4 nitrogen and oxygen atoms in total. The Hall–Kier alpha value is -0.610. The number of carbonyl (C=O) groups is 1. The van der Waals surface area contributed by atoms with Crippen molar-refractivity contribution < 1.29 is 9.53 Å². The number of piperidine rings is 1. The summed E-state index contributed by atoms with van der Waals surface area (Å²) in [7, 11) is 1.67. The molecule has 1 aliphatic rings. The number of amides is 1. The van der Waals surface area contributed by atoms with Crippen molar-refractivity contribution in [1.82, 2.24) is 10.2 Å². The van der Waals surface area contributed by atoms with Crippen LogP contribution in [-0.4, -0.2) is 49.2 Å². The Kier molecular flexibility index (Phi) is 5.92. The molecule has 1 rings (SSSR count). The van der Waals surface area contributed by atoms with Crippen LogP contribution < -0.4 is 5.32 Å². The monoisotopic (exact) mass is 242 g/mol. The number of methoxy groups -OCH3 is 1. The molecule has 17 heavy (non-hydrogen) atoms. The Labute approximate surface area is 105 Å². The molecule has 0 radical (unpaired) electrons. The summed E-state index contributed by atoms with van der Waals surface area (Å²) in [5.41, 5.74) is 0. The van der Waals surface area contributed by atoms with Crippen molar-refractivity contribution in [3.05, 3.63) is 0 Å². The number of hydrogen-bond donors (Lipinski definition) is 1. The van der Waals surface area contributed by atoms with Gasteiger partial charge in [0.2, 0.25) is 5.91 Å². The molecule has 1 saturated heterocycles. The molecule has 0 spiro atoms. The second kappa shape index (κ2) is 6.97. The van der Waals surface area contributed by atoms with E-state index in [9.17, 15) is 4.79 Å². The maximum atomic E-state index is 12.4. The molecule has 0 aromatic rings. The quantitative estimate of drug-likeness (QED) is 0.792. The molecule has 0 aliphatic carbocycles. The van der Waals surface area contributed by atoms with E-state index in [1.807, 2.05) is 4.90 Å². The number of carbonyl (C=O) groups excluding carboxylic acids is 1. The Balaban J connectivity index is 2.56. The minimum atomic E-state index is -0.00185. The number of ether oxygens (including phenoxy) is 1. The average Bonchev–Trinajstić information content (AvgIpc) is 2.29. The molecule has 1 heterocycles. The van der Waals surface area contributed by atoms with E-state index in [0.29, 0.717) is 19.2 Å². The van der Waals surface area contributed by atoms with Gasteiger partial charge >= 0.3 is 0 Å². The first kappa shape index (κ1) is 14.5. The van der Waals surface area contributed by atoms with Crippen LogP contribution in [0.1, 0.15) is 40.0 Å². The minimum absolute atomic E-state index is 0.00185. The summed E-state index contributed by atoms with van der Waals surface area (Å²) in [6.07, 6.45) is 3.27. The number of rotatable bonds is 5. The first-order valence-corrected chi connectivity index (χ1v) is 6.61. The van der Waals surface area contributed by atoms with Crippen LogP contribution in [0.3, 0.4) is 0 Å². The van der Waals surface area contributed by atoms with Crippen molar-refractivity contribution in [3.8, 4) is 0 Å². The van der Waals surface area contributed by atoms with Crippen molar-refractivity contribution in [2.75, 3.05) is 20.3 Å². The van der Waals surface area contributed by atoms with Crippen molar-refractivity contribution in [3.63, 3.8) is 0 Å². The molecule has 0 saturated carbocycles. The highest BCUT2D eigenvalue weighted by Gasteiger charge is 2.29. The summed E-state index contributed by atoms with van der Waals surface area (Å²) in [5.74, 6) is 0.226. The van der Waals surface area contributed by atoms with Crippen molar-refractivity contribution in [2.45, 2.75) is 58.2 Å². The predicted molar refractivity (Wildman–Crippen MR) is 69.0 cm³/mol. The van der Waals surface area contributed by atoms with Crippen molar-refractivity contribution in [1.29, 1.82) is 0 Å². The Bertz CT molecular complexity index is 244. The zero-order valence-electron chi connectivity index (χ0n) is 11.5. The van der Waals surface area contributed by atoms with Crippen LogP contribution in [0, 0.1) is 0 Å². The smallest absolute Gasteiger partial charge is 0.240 e. The van der Waals surface area contributed by atoms with E-state index in [1.165, 1.54) is 6.42 Å². The van der Waals surface area contributed by atoms with E-state index in [0.717, 1.165) is 12.8 Å². The third-order valence-electron chi connectivity index (χ3n) is 3.36. The van der Waals surface area contributed by atoms with E-state index < -0.39 is 0 Å². The van der Waals surface area contributed by atoms with Crippen LogP contribution in [0.4, 0.5) is 0 Å². The fourth-order valence-electron chi connectivity index (χ4n) is 2.35. The van der Waals surface area contributed by atoms with E-state index in [-0.39, 0.29) is 18.0 Å². The molecule has 1 amide bonds. The molecular weight excluding hydrogens is 216 g/mol. The van der Waals surface area contributed by atoms with Crippen LogP contribution in [0.5, 0.6) is 0 Å². The Morgan fingerprint density at radius 2 is 2.18 bits per heavy atom. The first-order chi connectivity index (χ1) is 8.06. The van der Waals surface area contributed by atoms with Gasteiger partial charge in [-0.25, -0.2) is 0 Å². The predicted octanol–water partition coefficient (Wildman–Crippen LogP) is 1.40. The highest BCUT2D eigenvalue weighted by atomic mass is 16.5. The maximum Gasteiger partial charge on any atom is 0.240 e. The van der Waals surface area contributed by atoms with Crippen LogP contribution in [0.15, 0.2) is 0 Å². The minimum Gasteiger partial charge on any atom is -0.383 e. The average molecular weight is 242 g/mol.